The Morgan fingerprint density at radius 3 is 2.68 bits per heavy atom. The largest absolute Gasteiger partial charge is 0.383 e. The summed E-state index contributed by atoms with van der Waals surface area (Å²) in [5.74, 6) is 0.675. The molecular weight excluding hydrogens is 289 g/mol. The molecule has 1 heterocycles. The highest BCUT2D eigenvalue weighted by atomic mass is 35.5. The molecule has 0 unspecified atom stereocenters. The number of ether oxygens (including phenoxy) is 1. The fourth-order valence-corrected chi connectivity index (χ4v) is 2.07. The minimum atomic E-state index is 0.528. The average molecular weight is 302 g/mol. The van der Waals surface area contributed by atoms with Crippen molar-refractivity contribution in [2.45, 2.75) is 6.54 Å². The Hall–Kier alpha value is -1.21. The molecule has 1 N–H and O–H groups in total. The van der Waals surface area contributed by atoms with Crippen LogP contribution in [0.25, 0.3) is 5.69 Å². The zero-order valence-electron chi connectivity index (χ0n) is 10.3. The maximum absolute atomic E-state index is 5.97. The molecule has 2 aromatic rings. The highest BCUT2D eigenvalue weighted by Gasteiger charge is 2.09. The molecule has 19 heavy (non-hydrogen) atoms. The van der Waals surface area contributed by atoms with Crippen LogP contribution in [0, 0.1) is 0 Å². The van der Waals surface area contributed by atoms with E-state index in [9.17, 15) is 0 Å². The minimum absolute atomic E-state index is 0.528. The molecule has 0 saturated carbocycles. The summed E-state index contributed by atoms with van der Waals surface area (Å²) in [5.41, 5.74) is 0.728. The number of hydrogen-bond donors (Lipinski definition) is 1. The third kappa shape index (κ3) is 3.87. The lowest BCUT2D eigenvalue weighted by molar-refractivity contribution is 0.199. The number of tetrazole rings is 1. The molecule has 0 spiro atoms. The predicted molar refractivity (Wildman–Crippen MR) is 72.8 cm³/mol. The van der Waals surface area contributed by atoms with Crippen LogP contribution in [-0.4, -0.2) is 40.5 Å². The number of rotatable bonds is 6. The lowest BCUT2D eigenvalue weighted by Gasteiger charge is -2.06. The van der Waals surface area contributed by atoms with Crippen LogP contribution < -0.4 is 5.32 Å². The lowest BCUT2D eigenvalue weighted by atomic mass is 10.3. The minimum Gasteiger partial charge on any atom is -0.383 e. The maximum atomic E-state index is 5.97. The zero-order chi connectivity index (χ0) is 13.7. The van der Waals surface area contributed by atoms with E-state index in [1.54, 1.807) is 30.0 Å². The summed E-state index contributed by atoms with van der Waals surface area (Å²) in [6.45, 7) is 1.88. The Kier molecular flexibility index (Phi) is 5.09. The van der Waals surface area contributed by atoms with Gasteiger partial charge in [-0.15, -0.1) is 5.10 Å². The summed E-state index contributed by atoms with van der Waals surface area (Å²) in [6, 6.07) is 5.17. The Morgan fingerprint density at radius 1 is 1.26 bits per heavy atom. The van der Waals surface area contributed by atoms with Crippen molar-refractivity contribution in [3.8, 4) is 5.69 Å². The zero-order valence-corrected chi connectivity index (χ0v) is 11.8. The van der Waals surface area contributed by atoms with Crippen LogP contribution in [0.2, 0.25) is 10.0 Å². The van der Waals surface area contributed by atoms with Gasteiger partial charge in [0, 0.05) is 23.7 Å². The van der Waals surface area contributed by atoms with Gasteiger partial charge in [-0.05, 0) is 28.6 Å². The number of benzene rings is 1. The molecule has 1 aromatic heterocycles. The highest BCUT2D eigenvalue weighted by molar-refractivity contribution is 6.34. The molecule has 0 aliphatic carbocycles. The van der Waals surface area contributed by atoms with Gasteiger partial charge >= 0.3 is 0 Å². The molecule has 1 aromatic carbocycles. The Bertz CT molecular complexity index is 525. The van der Waals surface area contributed by atoms with Crippen molar-refractivity contribution in [3.63, 3.8) is 0 Å². The van der Waals surface area contributed by atoms with Gasteiger partial charge in [0.2, 0.25) is 0 Å². The molecule has 0 radical (unpaired) electrons. The summed E-state index contributed by atoms with van der Waals surface area (Å²) < 4.78 is 6.55. The Balaban J connectivity index is 2.14. The molecule has 102 valence electrons. The normalized spacial score (nSPS) is 10.9. The number of halogens is 2. The van der Waals surface area contributed by atoms with E-state index in [4.69, 9.17) is 27.9 Å². The van der Waals surface area contributed by atoms with Crippen molar-refractivity contribution in [3.05, 3.63) is 34.1 Å². The molecule has 6 nitrogen and oxygen atoms in total. The number of nitrogens with one attached hydrogen (secondary N) is 1. The van der Waals surface area contributed by atoms with Gasteiger partial charge in [0.25, 0.3) is 0 Å². The van der Waals surface area contributed by atoms with Gasteiger partial charge in [0.15, 0.2) is 5.82 Å². The van der Waals surface area contributed by atoms with Gasteiger partial charge in [-0.1, -0.05) is 23.2 Å². The van der Waals surface area contributed by atoms with Crippen LogP contribution >= 0.6 is 23.2 Å². The first-order valence-electron chi connectivity index (χ1n) is 5.64. The van der Waals surface area contributed by atoms with E-state index in [0.717, 1.165) is 12.2 Å². The number of hydrogen-bond acceptors (Lipinski definition) is 5. The van der Waals surface area contributed by atoms with E-state index in [-0.39, 0.29) is 0 Å². The van der Waals surface area contributed by atoms with E-state index in [0.29, 0.717) is 29.0 Å². The second-order valence-electron chi connectivity index (χ2n) is 3.80. The van der Waals surface area contributed by atoms with Crippen molar-refractivity contribution in [2.75, 3.05) is 20.3 Å². The molecule has 0 bridgehead atoms. The molecule has 0 aliphatic rings. The first kappa shape index (κ1) is 14.2. The van der Waals surface area contributed by atoms with E-state index in [1.807, 2.05) is 0 Å². The number of methoxy groups -OCH3 is 1. The van der Waals surface area contributed by atoms with Crippen LogP contribution in [0.4, 0.5) is 0 Å². The lowest BCUT2D eigenvalue weighted by Crippen LogP contribution is -2.21. The first-order valence-corrected chi connectivity index (χ1v) is 6.39. The van der Waals surface area contributed by atoms with Gasteiger partial charge in [0.1, 0.15) is 0 Å². The topological polar surface area (TPSA) is 64.9 Å². The quantitative estimate of drug-likeness (QED) is 0.823. The molecule has 0 atom stereocenters. The third-order valence-corrected chi connectivity index (χ3v) is 2.83. The summed E-state index contributed by atoms with van der Waals surface area (Å²) in [4.78, 5) is 0. The monoisotopic (exact) mass is 301 g/mol. The first-order chi connectivity index (χ1) is 9.20. The maximum Gasteiger partial charge on any atom is 0.170 e. The summed E-state index contributed by atoms with van der Waals surface area (Å²) in [5, 5.41) is 15.8. The summed E-state index contributed by atoms with van der Waals surface area (Å²) >= 11 is 11.9. The standard InChI is InChI=1S/C11H13Cl2N5O/c1-19-3-2-14-7-11-15-16-17-18(11)10-5-8(12)4-9(13)6-10/h4-6,14H,2-3,7H2,1H3. The van der Waals surface area contributed by atoms with Gasteiger partial charge in [-0.3, -0.25) is 0 Å². The smallest absolute Gasteiger partial charge is 0.170 e. The Labute approximate surface area is 120 Å². The van der Waals surface area contributed by atoms with Crippen LogP contribution in [0.15, 0.2) is 18.2 Å². The Morgan fingerprint density at radius 2 is 2.00 bits per heavy atom. The van der Waals surface area contributed by atoms with Crippen LogP contribution in [-0.2, 0) is 11.3 Å². The van der Waals surface area contributed by atoms with Crippen LogP contribution in [0.3, 0.4) is 0 Å². The van der Waals surface area contributed by atoms with Gasteiger partial charge in [-0.25, -0.2) is 0 Å². The molecule has 0 amide bonds. The SMILES string of the molecule is COCCNCc1nnnn1-c1cc(Cl)cc(Cl)c1. The second kappa shape index (κ2) is 6.81. The average Bonchev–Trinajstić information content (AvgIpc) is 2.82. The van der Waals surface area contributed by atoms with Crippen molar-refractivity contribution >= 4 is 23.2 Å². The van der Waals surface area contributed by atoms with E-state index < -0.39 is 0 Å². The summed E-state index contributed by atoms with van der Waals surface area (Å²) in [6.07, 6.45) is 0. The fraction of sp³-hybridized carbons (Fsp3) is 0.364. The van der Waals surface area contributed by atoms with Gasteiger partial charge in [0.05, 0.1) is 18.8 Å². The number of aromatic nitrogens is 4. The van der Waals surface area contributed by atoms with Crippen LogP contribution in [0.1, 0.15) is 5.82 Å². The molecule has 0 saturated heterocycles. The van der Waals surface area contributed by atoms with E-state index in [1.165, 1.54) is 0 Å². The molecule has 8 heteroatoms. The number of nitrogens with zero attached hydrogens (tertiary/aromatic N) is 4. The predicted octanol–water partition coefficient (Wildman–Crippen LogP) is 1.71. The van der Waals surface area contributed by atoms with E-state index >= 15 is 0 Å². The van der Waals surface area contributed by atoms with Crippen LogP contribution in [0.5, 0.6) is 0 Å². The van der Waals surface area contributed by atoms with Gasteiger partial charge in [-0.2, -0.15) is 4.68 Å². The fourth-order valence-electron chi connectivity index (χ4n) is 1.55. The van der Waals surface area contributed by atoms with Crippen molar-refractivity contribution in [1.29, 1.82) is 0 Å². The molecule has 0 aliphatic heterocycles. The van der Waals surface area contributed by atoms with Gasteiger partial charge < -0.3 is 10.1 Å². The van der Waals surface area contributed by atoms with Crippen molar-refractivity contribution in [1.82, 2.24) is 25.5 Å². The third-order valence-electron chi connectivity index (χ3n) is 2.39. The van der Waals surface area contributed by atoms with Crippen molar-refractivity contribution < 1.29 is 4.74 Å². The van der Waals surface area contributed by atoms with E-state index in [2.05, 4.69) is 20.8 Å². The molecule has 0 fully saturated rings. The summed E-state index contributed by atoms with van der Waals surface area (Å²) in [7, 11) is 1.65. The molecular formula is C11H13Cl2N5O. The molecule has 2 rings (SSSR count). The van der Waals surface area contributed by atoms with Crippen molar-refractivity contribution in [2.24, 2.45) is 0 Å². The highest BCUT2D eigenvalue weighted by Crippen LogP contribution is 2.21. The second-order valence-corrected chi connectivity index (χ2v) is 4.68.